The quantitative estimate of drug-likeness (QED) is 0.216. The average molecular weight is 583 g/mol. The number of carbonyl (C=O) groups is 1. The van der Waals surface area contributed by atoms with Crippen molar-refractivity contribution in [3.63, 3.8) is 0 Å². The second-order valence-electron chi connectivity index (χ2n) is 9.44. The van der Waals surface area contributed by atoms with Crippen LogP contribution in [-0.2, 0) is 34.1 Å². The summed E-state index contributed by atoms with van der Waals surface area (Å²) in [6.45, 7) is 1.28. The number of hydrogen-bond donors (Lipinski definition) is 0. The number of sulfonamides is 1. The van der Waals surface area contributed by atoms with Gasteiger partial charge in [-0.1, -0.05) is 72.8 Å². The van der Waals surface area contributed by atoms with Crippen LogP contribution in [-0.4, -0.2) is 32.9 Å². The van der Waals surface area contributed by atoms with Crippen LogP contribution in [0.2, 0.25) is 0 Å². The van der Waals surface area contributed by atoms with E-state index in [0.717, 1.165) is 29.3 Å². The Balaban J connectivity index is 1.80. The topological polar surface area (TPSA) is 66.9 Å². The molecule has 0 aromatic heterocycles. The summed E-state index contributed by atoms with van der Waals surface area (Å²) in [5.74, 6) is -0.587. The molecule has 0 saturated carbocycles. The van der Waals surface area contributed by atoms with E-state index in [1.807, 2.05) is 60.7 Å². The van der Waals surface area contributed by atoms with Crippen LogP contribution in [0.4, 0.5) is 18.9 Å². The molecular weight excluding hydrogens is 553 g/mol. The molecule has 0 spiro atoms. The Labute approximate surface area is 237 Å². The SMILES string of the molecule is COc1ccc(C)cc1S(=O)(=O)N(CC(=O)N(Cc1ccccc1)Cc1ccccc1)c1cccc(C(F)(F)F)c1. The van der Waals surface area contributed by atoms with Crippen LogP contribution >= 0.6 is 0 Å². The molecule has 6 nitrogen and oxygen atoms in total. The Kier molecular flexibility index (Phi) is 9.02. The Morgan fingerprint density at radius 3 is 1.93 bits per heavy atom. The number of rotatable bonds is 10. The van der Waals surface area contributed by atoms with Gasteiger partial charge in [-0.25, -0.2) is 8.42 Å². The van der Waals surface area contributed by atoms with Crippen LogP contribution in [0.3, 0.4) is 0 Å². The fourth-order valence-corrected chi connectivity index (χ4v) is 5.97. The highest BCUT2D eigenvalue weighted by atomic mass is 32.2. The number of anilines is 1. The minimum absolute atomic E-state index is 0.00505. The summed E-state index contributed by atoms with van der Waals surface area (Å²) in [4.78, 5) is 15.1. The molecule has 4 rings (SSSR count). The second-order valence-corrected chi connectivity index (χ2v) is 11.3. The van der Waals surface area contributed by atoms with Crippen molar-refractivity contribution in [3.8, 4) is 5.75 Å². The highest BCUT2D eigenvalue weighted by Gasteiger charge is 2.35. The molecule has 4 aromatic rings. The van der Waals surface area contributed by atoms with Crippen LogP contribution in [0.25, 0.3) is 0 Å². The highest BCUT2D eigenvalue weighted by Crippen LogP contribution is 2.35. The van der Waals surface area contributed by atoms with Crippen molar-refractivity contribution in [2.45, 2.75) is 31.1 Å². The molecule has 0 atom stereocenters. The molecule has 0 saturated heterocycles. The monoisotopic (exact) mass is 582 g/mol. The van der Waals surface area contributed by atoms with Crippen molar-refractivity contribution in [2.24, 2.45) is 0 Å². The molecule has 1 amide bonds. The number of halogens is 3. The molecule has 4 aromatic carbocycles. The first-order chi connectivity index (χ1) is 19.5. The normalized spacial score (nSPS) is 11.6. The molecular formula is C31H29F3N2O4S. The Morgan fingerprint density at radius 1 is 0.805 bits per heavy atom. The molecule has 214 valence electrons. The maximum Gasteiger partial charge on any atom is 0.416 e. The van der Waals surface area contributed by atoms with Crippen molar-refractivity contribution in [1.29, 1.82) is 0 Å². The summed E-state index contributed by atoms with van der Waals surface area (Å²) in [6.07, 6.45) is -4.72. The first-order valence-electron chi connectivity index (χ1n) is 12.7. The standard InChI is InChI=1S/C31H29F3N2O4S/c1-23-16-17-28(40-2)29(18-23)41(38,39)36(27-15-9-14-26(19-27)31(32,33)34)22-30(37)35(20-24-10-5-3-6-11-24)21-25-12-7-4-8-13-25/h3-19H,20-22H2,1-2H3. The van der Waals surface area contributed by atoms with Gasteiger partial charge >= 0.3 is 6.18 Å². The van der Waals surface area contributed by atoms with Gasteiger partial charge in [-0.05, 0) is 53.9 Å². The highest BCUT2D eigenvalue weighted by molar-refractivity contribution is 7.93. The van der Waals surface area contributed by atoms with Crippen LogP contribution in [0.15, 0.2) is 108 Å². The average Bonchev–Trinajstić information content (AvgIpc) is 2.96. The fourth-order valence-electron chi connectivity index (χ4n) is 4.32. The van der Waals surface area contributed by atoms with Gasteiger partial charge in [0.25, 0.3) is 10.0 Å². The number of aryl methyl sites for hydroxylation is 1. The molecule has 0 radical (unpaired) electrons. The lowest BCUT2D eigenvalue weighted by atomic mass is 10.1. The molecule has 0 heterocycles. The predicted octanol–water partition coefficient (Wildman–Crippen LogP) is 6.45. The Bertz CT molecular complexity index is 1550. The lowest BCUT2D eigenvalue weighted by Gasteiger charge is -2.29. The second kappa shape index (κ2) is 12.5. The zero-order chi connectivity index (χ0) is 29.6. The first kappa shape index (κ1) is 29.7. The van der Waals surface area contributed by atoms with Crippen molar-refractivity contribution in [1.82, 2.24) is 4.90 Å². The number of nitrogens with zero attached hydrogens (tertiary/aromatic N) is 2. The summed E-state index contributed by atoms with van der Waals surface area (Å²) in [5, 5.41) is 0. The maximum atomic E-state index is 14.1. The zero-order valence-electron chi connectivity index (χ0n) is 22.5. The number of benzene rings is 4. The van der Waals surface area contributed by atoms with E-state index in [1.54, 1.807) is 13.0 Å². The van der Waals surface area contributed by atoms with Gasteiger partial charge in [0.2, 0.25) is 5.91 Å². The number of ether oxygens (including phenoxy) is 1. The maximum absolute atomic E-state index is 14.1. The van der Waals surface area contributed by atoms with Gasteiger partial charge in [-0.2, -0.15) is 13.2 Å². The molecule has 41 heavy (non-hydrogen) atoms. The summed E-state index contributed by atoms with van der Waals surface area (Å²) in [7, 11) is -3.27. The van der Waals surface area contributed by atoms with E-state index in [0.29, 0.717) is 9.87 Å². The van der Waals surface area contributed by atoms with E-state index in [4.69, 9.17) is 4.74 Å². The third-order valence-electron chi connectivity index (χ3n) is 6.41. The minimum atomic E-state index is -4.72. The number of carbonyl (C=O) groups excluding carboxylic acids is 1. The number of methoxy groups -OCH3 is 1. The van der Waals surface area contributed by atoms with Crippen LogP contribution in [0.1, 0.15) is 22.3 Å². The van der Waals surface area contributed by atoms with Crippen molar-refractivity contribution in [3.05, 3.63) is 125 Å². The predicted molar refractivity (Wildman–Crippen MR) is 151 cm³/mol. The minimum Gasteiger partial charge on any atom is -0.495 e. The van der Waals surface area contributed by atoms with Gasteiger partial charge in [0, 0.05) is 13.1 Å². The fraction of sp³-hybridized carbons (Fsp3) is 0.194. The molecule has 0 aliphatic heterocycles. The molecule has 0 fully saturated rings. The van der Waals surface area contributed by atoms with Gasteiger partial charge < -0.3 is 9.64 Å². The van der Waals surface area contributed by atoms with E-state index in [1.165, 1.54) is 30.2 Å². The van der Waals surface area contributed by atoms with Crippen molar-refractivity contribution < 1.29 is 31.1 Å². The van der Waals surface area contributed by atoms with Gasteiger partial charge in [-0.15, -0.1) is 0 Å². The van der Waals surface area contributed by atoms with E-state index < -0.39 is 34.2 Å². The van der Waals surface area contributed by atoms with Crippen molar-refractivity contribution in [2.75, 3.05) is 18.0 Å². The summed E-state index contributed by atoms with van der Waals surface area (Å²) in [6, 6.07) is 26.7. The van der Waals surface area contributed by atoms with E-state index >= 15 is 0 Å². The number of amides is 1. The molecule has 0 unspecified atom stereocenters. The van der Waals surface area contributed by atoms with Crippen LogP contribution < -0.4 is 9.04 Å². The van der Waals surface area contributed by atoms with Gasteiger partial charge in [-0.3, -0.25) is 9.10 Å². The zero-order valence-corrected chi connectivity index (χ0v) is 23.3. The summed E-state index contributed by atoms with van der Waals surface area (Å²) >= 11 is 0. The van der Waals surface area contributed by atoms with E-state index in [-0.39, 0.29) is 29.4 Å². The summed E-state index contributed by atoms with van der Waals surface area (Å²) in [5.41, 5.74) is 0.881. The van der Waals surface area contributed by atoms with Crippen molar-refractivity contribution >= 4 is 21.6 Å². The van der Waals surface area contributed by atoms with E-state index in [9.17, 15) is 26.4 Å². The van der Waals surface area contributed by atoms with Crippen LogP contribution in [0, 0.1) is 6.92 Å². The first-order valence-corrected chi connectivity index (χ1v) is 14.1. The largest absolute Gasteiger partial charge is 0.495 e. The third kappa shape index (κ3) is 7.26. The molecule has 0 aliphatic rings. The molecule has 0 N–H and O–H groups in total. The van der Waals surface area contributed by atoms with E-state index in [2.05, 4.69) is 0 Å². The summed E-state index contributed by atoms with van der Waals surface area (Å²) < 4.78 is 75.1. The Morgan fingerprint density at radius 2 is 1.39 bits per heavy atom. The van der Waals surface area contributed by atoms with Gasteiger partial charge in [0.15, 0.2) is 0 Å². The van der Waals surface area contributed by atoms with Gasteiger partial charge in [0.05, 0.1) is 18.4 Å². The number of hydrogen-bond acceptors (Lipinski definition) is 4. The van der Waals surface area contributed by atoms with Gasteiger partial charge in [0.1, 0.15) is 17.2 Å². The number of alkyl halides is 3. The smallest absolute Gasteiger partial charge is 0.416 e. The van der Waals surface area contributed by atoms with Crippen LogP contribution in [0.5, 0.6) is 5.75 Å². The molecule has 0 bridgehead atoms. The Hall–Kier alpha value is -4.31. The lowest BCUT2D eigenvalue weighted by molar-refractivity contribution is -0.137. The third-order valence-corrected chi connectivity index (χ3v) is 8.21. The lowest BCUT2D eigenvalue weighted by Crippen LogP contribution is -2.42. The molecule has 10 heteroatoms. The molecule has 0 aliphatic carbocycles.